The molecule has 0 amide bonds. The van der Waals surface area contributed by atoms with Gasteiger partial charge in [0.2, 0.25) is 0 Å². The Morgan fingerprint density at radius 3 is 2.50 bits per heavy atom. The molecule has 0 aliphatic carbocycles. The van der Waals surface area contributed by atoms with Gasteiger partial charge in [0.1, 0.15) is 5.75 Å². The zero-order valence-corrected chi connectivity index (χ0v) is 11.5. The van der Waals surface area contributed by atoms with E-state index in [2.05, 4.69) is 48.3 Å². The van der Waals surface area contributed by atoms with Crippen LogP contribution in [0.1, 0.15) is 25.8 Å². The van der Waals surface area contributed by atoms with Gasteiger partial charge < -0.3 is 10.1 Å². The zero-order valence-electron chi connectivity index (χ0n) is 11.5. The second-order valence-electron chi connectivity index (χ2n) is 5.01. The van der Waals surface area contributed by atoms with E-state index in [1.165, 1.54) is 5.56 Å². The van der Waals surface area contributed by atoms with Gasteiger partial charge in [-0.2, -0.15) is 0 Å². The molecule has 0 radical (unpaired) electrons. The van der Waals surface area contributed by atoms with Crippen molar-refractivity contribution in [3.63, 3.8) is 0 Å². The third-order valence-corrected chi connectivity index (χ3v) is 3.45. The third kappa shape index (κ3) is 4.00. The molecule has 3 heteroatoms. The maximum absolute atomic E-state index is 5.78. The standard InChI is InChI=1S/C15H24N2O/c1-3-13(2)18-15-6-4-14(5-7-15)12-17-10-8-16-9-11-17/h4-7,13,16H,3,8-12H2,1-2H3. The minimum atomic E-state index is 0.295. The van der Waals surface area contributed by atoms with Crippen LogP contribution in [0.3, 0.4) is 0 Å². The molecule has 1 aromatic rings. The minimum absolute atomic E-state index is 0.295. The Kier molecular flexibility index (Phi) is 5.02. The van der Waals surface area contributed by atoms with Crippen molar-refractivity contribution >= 4 is 0 Å². The molecule has 1 aliphatic heterocycles. The molecule has 1 heterocycles. The van der Waals surface area contributed by atoms with Crippen LogP contribution < -0.4 is 10.1 Å². The predicted molar refractivity (Wildman–Crippen MR) is 75.0 cm³/mol. The quantitative estimate of drug-likeness (QED) is 0.865. The van der Waals surface area contributed by atoms with E-state index in [-0.39, 0.29) is 0 Å². The molecule has 1 N–H and O–H groups in total. The molecule has 100 valence electrons. The first kappa shape index (κ1) is 13.4. The summed E-state index contributed by atoms with van der Waals surface area (Å²) in [5.74, 6) is 0.980. The van der Waals surface area contributed by atoms with E-state index in [1.807, 2.05) is 0 Å². The lowest BCUT2D eigenvalue weighted by atomic mass is 10.2. The second-order valence-corrected chi connectivity index (χ2v) is 5.01. The van der Waals surface area contributed by atoms with Gasteiger partial charge in [0.05, 0.1) is 6.10 Å². The normalized spacial score (nSPS) is 18.6. The summed E-state index contributed by atoms with van der Waals surface area (Å²) in [6.07, 6.45) is 1.34. The van der Waals surface area contributed by atoms with Crippen LogP contribution in [0.4, 0.5) is 0 Å². The lowest BCUT2D eigenvalue weighted by Gasteiger charge is -2.27. The molecular weight excluding hydrogens is 224 g/mol. The van der Waals surface area contributed by atoms with Gasteiger partial charge in [0, 0.05) is 32.7 Å². The van der Waals surface area contributed by atoms with E-state index in [4.69, 9.17) is 4.74 Å². The van der Waals surface area contributed by atoms with Crippen LogP contribution in [-0.4, -0.2) is 37.2 Å². The highest BCUT2D eigenvalue weighted by Gasteiger charge is 2.09. The molecule has 1 aliphatic rings. The van der Waals surface area contributed by atoms with Gasteiger partial charge in [-0.25, -0.2) is 0 Å². The molecule has 3 nitrogen and oxygen atoms in total. The van der Waals surface area contributed by atoms with Crippen molar-refractivity contribution in [3.05, 3.63) is 29.8 Å². The average Bonchev–Trinajstić information content (AvgIpc) is 2.42. The fraction of sp³-hybridized carbons (Fsp3) is 0.600. The summed E-state index contributed by atoms with van der Waals surface area (Å²) in [5.41, 5.74) is 1.37. The van der Waals surface area contributed by atoms with Crippen LogP contribution in [0, 0.1) is 0 Å². The number of hydrogen-bond acceptors (Lipinski definition) is 3. The first-order valence-electron chi connectivity index (χ1n) is 6.96. The highest BCUT2D eigenvalue weighted by molar-refractivity contribution is 5.27. The maximum atomic E-state index is 5.78. The highest BCUT2D eigenvalue weighted by atomic mass is 16.5. The summed E-state index contributed by atoms with van der Waals surface area (Å²) in [4.78, 5) is 2.49. The van der Waals surface area contributed by atoms with E-state index in [1.54, 1.807) is 0 Å². The minimum Gasteiger partial charge on any atom is -0.491 e. The summed E-state index contributed by atoms with van der Waals surface area (Å²) in [5, 5.41) is 3.38. The molecule has 0 bridgehead atoms. The third-order valence-electron chi connectivity index (χ3n) is 3.45. The molecule has 1 aromatic carbocycles. The summed E-state index contributed by atoms with van der Waals surface area (Å²) in [7, 11) is 0. The molecular formula is C15H24N2O. The van der Waals surface area contributed by atoms with Crippen LogP contribution >= 0.6 is 0 Å². The van der Waals surface area contributed by atoms with Crippen molar-refractivity contribution < 1.29 is 4.74 Å². The van der Waals surface area contributed by atoms with Crippen molar-refractivity contribution in [2.24, 2.45) is 0 Å². The van der Waals surface area contributed by atoms with Crippen LogP contribution in [-0.2, 0) is 6.54 Å². The summed E-state index contributed by atoms with van der Waals surface area (Å²) >= 11 is 0. The predicted octanol–water partition coefficient (Wildman–Crippen LogP) is 2.27. The number of benzene rings is 1. The van der Waals surface area contributed by atoms with Crippen LogP contribution in [0.5, 0.6) is 5.75 Å². The Bertz CT molecular complexity index is 344. The van der Waals surface area contributed by atoms with Gasteiger partial charge in [-0.3, -0.25) is 4.90 Å². The lowest BCUT2D eigenvalue weighted by Crippen LogP contribution is -2.42. The molecule has 1 fully saturated rings. The van der Waals surface area contributed by atoms with Crippen molar-refractivity contribution in [3.8, 4) is 5.75 Å². The molecule has 1 atom stereocenters. The van der Waals surface area contributed by atoms with Gasteiger partial charge in [0.25, 0.3) is 0 Å². The van der Waals surface area contributed by atoms with Gasteiger partial charge >= 0.3 is 0 Å². The van der Waals surface area contributed by atoms with Crippen molar-refractivity contribution in [1.82, 2.24) is 10.2 Å². The summed E-state index contributed by atoms with van der Waals surface area (Å²) < 4.78 is 5.78. The van der Waals surface area contributed by atoms with E-state index >= 15 is 0 Å². The van der Waals surface area contributed by atoms with Gasteiger partial charge in [-0.05, 0) is 31.0 Å². The molecule has 18 heavy (non-hydrogen) atoms. The number of rotatable bonds is 5. The van der Waals surface area contributed by atoms with E-state index in [0.29, 0.717) is 6.10 Å². The molecule has 1 unspecified atom stereocenters. The molecule has 1 saturated heterocycles. The van der Waals surface area contributed by atoms with Gasteiger partial charge in [-0.15, -0.1) is 0 Å². The first-order chi connectivity index (χ1) is 8.78. The second kappa shape index (κ2) is 6.76. The van der Waals surface area contributed by atoms with Gasteiger partial charge in [0.15, 0.2) is 0 Å². The highest BCUT2D eigenvalue weighted by Crippen LogP contribution is 2.16. The van der Waals surface area contributed by atoms with E-state index in [0.717, 1.165) is 44.9 Å². The lowest BCUT2D eigenvalue weighted by molar-refractivity contribution is 0.216. The SMILES string of the molecule is CCC(C)Oc1ccc(CN2CCNCC2)cc1. The molecule has 0 spiro atoms. The maximum Gasteiger partial charge on any atom is 0.119 e. The number of hydrogen-bond donors (Lipinski definition) is 1. The van der Waals surface area contributed by atoms with Crippen LogP contribution in [0.2, 0.25) is 0 Å². The fourth-order valence-electron chi connectivity index (χ4n) is 2.12. The molecule has 2 rings (SSSR count). The van der Waals surface area contributed by atoms with Crippen molar-refractivity contribution in [2.75, 3.05) is 26.2 Å². The van der Waals surface area contributed by atoms with E-state index < -0.39 is 0 Å². The Hall–Kier alpha value is -1.06. The Morgan fingerprint density at radius 1 is 1.22 bits per heavy atom. The number of nitrogens with one attached hydrogen (secondary N) is 1. The zero-order chi connectivity index (χ0) is 12.8. The van der Waals surface area contributed by atoms with Crippen molar-refractivity contribution in [1.29, 1.82) is 0 Å². The summed E-state index contributed by atoms with van der Waals surface area (Å²) in [6, 6.07) is 8.53. The average molecular weight is 248 g/mol. The smallest absolute Gasteiger partial charge is 0.119 e. The Balaban J connectivity index is 1.86. The Morgan fingerprint density at radius 2 is 1.89 bits per heavy atom. The Labute approximate surface area is 110 Å². The summed E-state index contributed by atoms with van der Waals surface area (Å²) in [6.45, 7) is 9.80. The molecule has 0 saturated carbocycles. The largest absolute Gasteiger partial charge is 0.491 e. The van der Waals surface area contributed by atoms with Crippen LogP contribution in [0.15, 0.2) is 24.3 Å². The van der Waals surface area contributed by atoms with E-state index in [9.17, 15) is 0 Å². The first-order valence-corrected chi connectivity index (χ1v) is 6.96. The number of piperazine rings is 1. The topological polar surface area (TPSA) is 24.5 Å². The van der Waals surface area contributed by atoms with Crippen LogP contribution in [0.25, 0.3) is 0 Å². The monoisotopic (exact) mass is 248 g/mol. The van der Waals surface area contributed by atoms with Gasteiger partial charge in [-0.1, -0.05) is 19.1 Å². The molecule has 0 aromatic heterocycles. The fourth-order valence-corrected chi connectivity index (χ4v) is 2.12. The number of ether oxygens (including phenoxy) is 1. The number of nitrogens with zero attached hydrogens (tertiary/aromatic N) is 1. The van der Waals surface area contributed by atoms with Crippen molar-refractivity contribution in [2.45, 2.75) is 32.9 Å².